The molecule has 1 aromatic heterocycles. The minimum absolute atomic E-state index is 0.193. The number of carboxylic acids is 1. The lowest BCUT2D eigenvalue weighted by molar-refractivity contribution is 0.0691. The fourth-order valence-corrected chi connectivity index (χ4v) is 2.25. The molecule has 0 radical (unpaired) electrons. The van der Waals surface area contributed by atoms with Crippen molar-refractivity contribution in [1.29, 1.82) is 0 Å². The summed E-state index contributed by atoms with van der Waals surface area (Å²) in [4.78, 5) is 11.3. The van der Waals surface area contributed by atoms with Crippen molar-refractivity contribution in [3.05, 3.63) is 71.7 Å². The first-order valence-electron chi connectivity index (χ1n) is 6.62. The molecule has 1 heterocycles. The summed E-state index contributed by atoms with van der Waals surface area (Å²) in [5.74, 6) is -1.64. The number of aromatic carboxylic acids is 1. The third-order valence-corrected chi connectivity index (χ3v) is 3.21. The van der Waals surface area contributed by atoms with Crippen LogP contribution in [0.5, 0.6) is 0 Å². The highest BCUT2D eigenvalue weighted by atomic mass is 19.1. The Balaban J connectivity index is 2.10. The van der Waals surface area contributed by atoms with Crippen molar-refractivity contribution in [3.8, 4) is 11.3 Å². The van der Waals surface area contributed by atoms with Crippen molar-refractivity contribution in [3.63, 3.8) is 0 Å². The molecule has 0 saturated carbocycles. The van der Waals surface area contributed by atoms with Crippen LogP contribution in [0.15, 0.2) is 54.6 Å². The Morgan fingerprint density at radius 3 is 2.59 bits per heavy atom. The second-order valence-electron chi connectivity index (χ2n) is 4.75. The van der Waals surface area contributed by atoms with Gasteiger partial charge in [0.1, 0.15) is 11.5 Å². The molecule has 22 heavy (non-hydrogen) atoms. The van der Waals surface area contributed by atoms with Crippen LogP contribution < -0.4 is 0 Å². The first-order valence-corrected chi connectivity index (χ1v) is 6.62. The van der Waals surface area contributed by atoms with Gasteiger partial charge in [-0.1, -0.05) is 47.7 Å². The number of benzene rings is 2. The summed E-state index contributed by atoms with van der Waals surface area (Å²) in [6.07, 6.45) is 0. The van der Waals surface area contributed by atoms with Crippen molar-refractivity contribution in [1.82, 2.24) is 15.0 Å². The molecule has 0 spiro atoms. The van der Waals surface area contributed by atoms with Crippen LogP contribution in [0.1, 0.15) is 16.1 Å². The molecule has 0 amide bonds. The quantitative estimate of drug-likeness (QED) is 0.804. The van der Waals surface area contributed by atoms with Crippen LogP contribution in [0.3, 0.4) is 0 Å². The molecule has 0 atom stereocenters. The highest BCUT2D eigenvalue weighted by Crippen LogP contribution is 2.24. The summed E-state index contributed by atoms with van der Waals surface area (Å²) in [7, 11) is 0. The molecule has 3 aromatic rings. The molecular weight excluding hydrogens is 285 g/mol. The van der Waals surface area contributed by atoms with E-state index in [9.17, 15) is 14.3 Å². The number of rotatable bonds is 4. The van der Waals surface area contributed by atoms with Crippen LogP contribution in [-0.2, 0) is 6.54 Å². The minimum Gasteiger partial charge on any atom is -0.476 e. The first kappa shape index (κ1) is 13.9. The van der Waals surface area contributed by atoms with Crippen molar-refractivity contribution in [2.45, 2.75) is 6.54 Å². The largest absolute Gasteiger partial charge is 0.476 e. The lowest BCUT2D eigenvalue weighted by Crippen LogP contribution is -2.06. The monoisotopic (exact) mass is 297 g/mol. The van der Waals surface area contributed by atoms with E-state index in [1.54, 1.807) is 6.07 Å². The predicted molar refractivity (Wildman–Crippen MR) is 77.9 cm³/mol. The second kappa shape index (κ2) is 5.77. The van der Waals surface area contributed by atoms with Crippen LogP contribution in [-0.4, -0.2) is 26.1 Å². The van der Waals surface area contributed by atoms with Crippen LogP contribution in [0.25, 0.3) is 11.3 Å². The van der Waals surface area contributed by atoms with Gasteiger partial charge >= 0.3 is 5.97 Å². The Hall–Kier alpha value is -3.02. The van der Waals surface area contributed by atoms with Gasteiger partial charge in [-0.3, -0.25) is 0 Å². The van der Waals surface area contributed by atoms with Gasteiger partial charge in [0.05, 0.1) is 6.54 Å². The molecule has 3 rings (SSSR count). The standard InChI is InChI=1S/C16H12FN3O2/c17-13-8-4-7-12(9-13)15-14(16(21)22)18-19-20(15)10-11-5-2-1-3-6-11/h1-9H,10H2,(H,21,22). The topological polar surface area (TPSA) is 68.0 Å². The van der Waals surface area contributed by atoms with E-state index >= 15 is 0 Å². The maximum Gasteiger partial charge on any atom is 0.358 e. The van der Waals surface area contributed by atoms with Crippen LogP contribution >= 0.6 is 0 Å². The summed E-state index contributed by atoms with van der Waals surface area (Å²) in [5.41, 5.74) is 1.47. The second-order valence-corrected chi connectivity index (χ2v) is 4.75. The van der Waals surface area contributed by atoms with Crippen LogP contribution in [0.2, 0.25) is 0 Å². The number of nitrogens with zero attached hydrogens (tertiary/aromatic N) is 3. The van der Waals surface area contributed by atoms with Gasteiger partial charge < -0.3 is 5.11 Å². The summed E-state index contributed by atoms with van der Waals surface area (Å²) < 4.78 is 14.9. The van der Waals surface area contributed by atoms with Crippen LogP contribution in [0, 0.1) is 5.82 Å². The van der Waals surface area contributed by atoms with Crippen molar-refractivity contribution < 1.29 is 14.3 Å². The molecule has 0 fully saturated rings. The lowest BCUT2D eigenvalue weighted by atomic mass is 10.1. The molecule has 1 N–H and O–H groups in total. The molecule has 0 bridgehead atoms. The Kier molecular flexibility index (Phi) is 3.65. The van der Waals surface area contributed by atoms with Crippen LogP contribution in [0.4, 0.5) is 4.39 Å². The Labute approximate surface area is 125 Å². The molecule has 0 aliphatic heterocycles. The highest BCUT2D eigenvalue weighted by Gasteiger charge is 2.21. The fraction of sp³-hybridized carbons (Fsp3) is 0.0625. The molecule has 6 heteroatoms. The van der Waals surface area contributed by atoms with Crippen molar-refractivity contribution in [2.24, 2.45) is 0 Å². The molecule has 2 aromatic carbocycles. The van der Waals surface area contributed by atoms with Gasteiger partial charge in [0, 0.05) is 5.56 Å². The van der Waals surface area contributed by atoms with Gasteiger partial charge in [0.25, 0.3) is 0 Å². The average Bonchev–Trinajstić information content (AvgIpc) is 2.92. The van der Waals surface area contributed by atoms with Crippen molar-refractivity contribution in [2.75, 3.05) is 0 Å². The number of hydrogen-bond acceptors (Lipinski definition) is 3. The number of carboxylic acid groups (broad SMARTS) is 1. The highest BCUT2D eigenvalue weighted by molar-refractivity contribution is 5.92. The summed E-state index contributed by atoms with van der Waals surface area (Å²) in [5, 5.41) is 16.9. The average molecular weight is 297 g/mol. The number of hydrogen-bond donors (Lipinski definition) is 1. The first-order chi connectivity index (χ1) is 10.6. The lowest BCUT2D eigenvalue weighted by Gasteiger charge is -2.07. The molecule has 0 saturated heterocycles. The fourth-order valence-electron chi connectivity index (χ4n) is 2.25. The molecule has 110 valence electrons. The normalized spacial score (nSPS) is 10.6. The Bertz CT molecular complexity index is 815. The molecule has 5 nitrogen and oxygen atoms in total. The van der Waals surface area contributed by atoms with E-state index in [0.717, 1.165) is 5.56 Å². The molecule has 0 aliphatic carbocycles. The summed E-state index contributed by atoms with van der Waals surface area (Å²) in [6.45, 7) is 0.354. The van der Waals surface area contributed by atoms with E-state index in [2.05, 4.69) is 10.3 Å². The number of halogens is 1. The van der Waals surface area contributed by atoms with E-state index in [1.807, 2.05) is 30.3 Å². The summed E-state index contributed by atoms with van der Waals surface area (Å²) >= 11 is 0. The van der Waals surface area contributed by atoms with Gasteiger partial charge in [0.2, 0.25) is 0 Å². The smallest absolute Gasteiger partial charge is 0.358 e. The minimum atomic E-state index is -1.20. The number of carbonyl (C=O) groups is 1. The van der Waals surface area contributed by atoms with Gasteiger partial charge in [-0.2, -0.15) is 0 Å². The third-order valence-electron chi connectivity index (χ3n) is 3.21. The zero-order chi connectivity index (χ0) is 15.5. The maximum absolute atomic E-state index is 13.5. The van der Waals surface area contributed by atoms with Gasteiger partial charge in [0.15, 0.2) is 5.69 Å². The van der Waals surface area contributed by atoms with E-state index in [0.29, 0.717) is 12.1 Å². The zero-order valence-electron chi connectivity index (χ0n) is 11.5. The van der Waals surface area contributed by atoms with Gasteiger partial charge in [-0.05, 0) is 17.7 Å². The SMILES string of the molecule is O=C(O)c1nnn(Cc2ccccc2)c1-c1cccc(F)c1. The summed E-state index contributed by atoms with van der Waals surface area (Å²) in [6, 6.07) is 15.2. The van der Waals surface area contributed by atoms with E-state index in [1.165, 1.54) is 22.9 Å². The molecule has 0 unspecified atom stereocenters. The third kappa shape index (κ3) is 2.71. The van der Waals surface area contributed by atoms with E-state index in [4.69, 9.17) is 0 Å². The zero-order valence-corrected chi connectivity index (χ0v) is 11.5. The molecule has 0 aliphatic rings. The number of aromatic nitrogens is 3. The van der Waals surface area contributed by atoms with Gasteiger partial charge in [-0.25, -0.2) is 13.9 Å². The van der Waals surface area contributed by atoms with E-state index < -0.39 is 11.8 Å². The Morgan fingerprint density at radius 2 is 1.91 bits per heavy atom. The maximum atomic E-state index is 13.5. The Morgan fingerprint density at radius 1 is 1.14 bits per heavy atom. The predicted octanol–water partition coefficient (Wildman–Crippen LogP) is 2.83. The van der Waals surface area contributed by atoms with Crippen molar-refractivity contribution >= 4 is 5.97 Å². The van der Waals surface area contributed by atoms with E-state index in [-0.39, 0.29) is 11.4 Å². The van der Waals surface area contributed by atoms with Gasteiger partial charge in [-0.15, -0.1) is 5.10 Å². The molecular formula is C16H12FN3O2.